The van der Waals surface area contributed by atoms with Crippen molar-refractivity contribution >= 4 is 18.3 Å². The molecule has 0 saturated heterocycles. The van der Waals surface area contributed by atoms with Gasteiger partial charge < -0.3 is 4.74 Å². The molecule has 0 aliphatic carbocycles. The van der Waals surface area contributed by atoms with Crippen LogP contribution in [-0.2, 0) is 0 Å². The van der Waals surface area contributed by atoms with Crippen LogP contribution in [0.25, 0.3) is 0 Å². The molecule has 1 aromatic carbocycles. The predicted octanol–water partition coefficient (Wildman–Crippen LogP) is 4.63. The summed E-state index contributed by atoms with van der Waals surface area (Å²) < 4.78 is 19.2. The molecule has 0 atom stereocenters. The van der Waals surface area contributed by atoms with E-state index in [1.165, 1.54) is 6.07 Å². The van der Waals surface area contributed by atoms with Crippen LogP contribution in [0.4, 0.5) is 10.1 Å². The highest BCUT2D eigenvalue weighted by Gasteiger charge is 2.28. The van der Waals surface area contributed by atoms with Gasteiger partial charge in [-0.25, -0.2) is 0 Å². The van der Waals surface area contributed by atoms with Crippen LogP contribution in [0.1, 0.15) is 39.5 Å². The minimum absolute atomic E-state index is 0.0368. The molecule has 0 fully saturated rings. The number of thiol groups is 1. The number of benzene rings is 1. The van der Waals surface area contributed by atoms with Crippen LogP contribution in [0.2, 0.25) is 0 Å². The van der Waals surface area contributed by atoms with Crippen LogP contribution in [0, 0.1) is 21.3 Å². The van der Waals surface area contributed by atoms with Gasteiger partial charge in [0.2, 0.25) is 5.82 Å². The van der Waals surface area contributed by atoms with E-state index >= 15 is 0 Å². The van der Waals surface area contributed by atoms with Gasteiger partial charge in [-0.05, 0) is 24.7 Å². The second kappa shape index (κ2) is 8.22. The van der Waals surface area contributed by atoms with Crippen LogP contribution in [0.5, 0.6) is 5.75 Å². The van der Waals surface area contributed by atoms with E-state index in [9.17, 15) is 14.5 Å². The van der Waals surface area contributed by atoms with E-state index in [4.69, 9.17) is 4.74 Å². The molecule has 0 aliphatic rings. The van der Waals surface area contributed by atoms with Crippen molar-refractivity contribution in [3.63, 3.8) is 0 Å². The van der Waals surface area contributed by atoms with Gasteiger partial charge >= 0.3 is 5.69 Å². The molecule has 0 unspecified atom stereocenters. The summed E-state index contributed by atoms with van der Waals surface area (Å²) in [5.74, 6) is 0.140. The Morgan fingerprint density at radius 1 is 1.33 bits per heavy atom. The molecule has 0 aromatic heterocycles. The molecule has 0 amide bonds. The normalized spacial score (nSPS) is 11.4. The lowest BCUT2D eigenvalue weighted by Crippen LogP contribution is -2.30. The highest BCUT2D eigenvalue weighted by molar-refractivity contribution is 7.80. The van der Waals surface area contributed by atoms with Crippen molar-refractivity contribution in [2.24, 2.45) is 5.41 Å². The quantitative estimate of drug-likeness (QED) is 0.411. The molecule has 0 aliphatic heterocycles. The zero-order valence-electron chi connectivity index (χ0n) is 12.5. The Morgan fingerprint density at radius 3 is 2.38 bits per heavy atom. The zero-order chi connectivity index (χ0) is 15.9. The smallest absolute Gasteiger partial charge is 0.305 e. The van der Waals surface area contributed by atoms with Crippen LogP contribution >= 0.6 is 12.6 Å². The first-order chi connectivity index (χ1) is 9.98. The van der Waals surface area contributed by atoms with Gasteiger partial charge in [0.05, 0.1) is 11.5 Å². The third kappa shape index (κ3) is 4.88. The monoisotopic (exact) mass is 315 g/mol. The second-order valence-electron chi connectivity index (χ2n) is 5.32. The van der Waals surface area contributed by atoms with Crippen molar-refractivity contribution in [1.82, 2.24) is 0 Å². The SMILES string of the molecule is CCCC(CS)(CCC)COc1ccc([N+](=O)[O-])c(F)c1. The van der Waals surface area contributed by atoms with E-state index in [1.54, 1.807) is 0 Å². The van der Waals surface area contributed by atoms with Gasteiger partial charge in [-0.1, -0.05) is 26.7 Å². The Hall–Kier alpha value is -1.30. The molecular weight excluding hydrogens is 293 g/mol. The molecule has 0 bridgehead atoms. The molecule has 1 aromatic rings. The molecule has 1 rings (SSSR count). The van der Waals surface area contributed by atoms with E-state index < -0.39 is 16.4 Å². The third-order valence-corrected chi connectivity index (χ3v) is 4.23. The van der Waals surface area contributed by atoms with Crippen LogP contribution in [0.3, 0.4) is 0 Å². The fraction of sp³-hybridized carbons (Fsp3) is 0.600. The zero-order valence-corrected chi connectivity index (χ0v) is 13.4. The Balaban J connectivity index is 2.80. The Morgan fingerprint density at radius 2 is 1.95 bits per heavy atom. The van der Waals surface area contributed by atoms with Gasteiger partial charge in [0.15, 0.2) is 0 Å². The van der Waals surface area contributed by atoms with Crippen LogP contribution in [-0.4, -0.2) is 17.3 Å². The fourth-order valence-corrected chi connectivity index (χ4v) is 2.90. The largest absolute Gasteiger partial charge is 0.493 e. The number of halogens is 1. The number of nitro groups is 1. The summed E-state index contributed by atoms with van der Waals surface area (Å²) >= 11 is 4.44. The first-order valence-corrected chi connectivity index (χ1v) is 7.79. The first kappa shape index (κ1) is 17.8. The van der Waals surface area contributed by atoms with Crippen molar-refractivity contribution in [2.75, 3.05) is 12.4 Å². The van der Waals surface area contributed by atoms with Crippen LogP contribution < -0.4 is 4.74 Å². The van der Waals surface area contributed by atoms with Crippen molar-refractivity contribution in [1.29, 1.82) is 0 Å². The number of nitrogens with zero attached hydrogens (tertiary/aromatic N) is 1. The van der Waals surface area contributed by atoms with Crippen LogP contribution in [0.15, 0.2) is 18.2 Å². The number of hydrogen-bond donors (Lipinski definition) is 1. The van der Waals surface area contributed by atoms with Gasteiger partial charge in [0.25, 0.3) is 0 Å². The number of nitro benzene ring substituents is 1. The lowest BCUT2D eigenvalue weighted by atomic mass is 9.82. The number of rotatable bonds is 9. The van der Waals surface area contributed by atoms with E-state index in [0.717, 1.165) is 37.8 Å². The summed E-state index contributed by atoms with van der Waals surface area (Å²) in [6.07, 6.45) is 4.02. The topological polar surface area (TPSA) is 52.4 Å². The summed E-state index contributed by atoms with van der Waals surface area (Å²) in [5, 5.41) is 10.6. The molecule has 21 heavy (non-hydrogen) atoms. The Kier molecular flexibility index (Phi) is 6.95. The molecule has 118 valence electrons. The summed E-state index contributed by atoms with van der Waals surface area (Å²) in [6, 6.07) is 3.63. The number of ether oxygens (including phenoxy) is 1. The molecule has 0 N–H and O–H groups in total. The van der Waals surface area contributed by atoms with Crippen molar-refractivity contribution in [3.05, 3.63) is 34.1 Å². The van der Waals surface area contributed by atoms with E-state index in [1.807, 2.05) is 0 Å². The predicted molar refractivity (Wildman–Crippen MR) is 84.7 cm³/mol. The highest BCUT2D eigenvalue weighted by atomic mass is 32.1. The maximum Gasteiger partial charge on any atom is 0.305 e. The van der Waals surface area contributed by atoms with E-state index in [2.05, 4.69) is 26.5 Å². The third-order valence-electron chi connectivity index (χ3n) is 3.56. The standard InChI is InChI=1S/C15H22FNO3S/c1-3-7-15(11-21,8-4-2)10-20-12-5-6-14(17(18)19)13(16)9-12/h5-6,9,21H,3-4,7-8,10-11H2,1-2H3. The molecule has 0 saturated carbocycles. The fourth-order valence-electron chi connectivity index (χ4n) is 2.50. The molecular formula is C15H22FNO3S. The lowest BCUT2D eigenvalue weighted by molar-refractivity contribution is -0.387. The molecule has 0 radical (unpaired) electrons. The summed E-state index contributed by atoms with van der Waals surface area (Å²) in [6.45, 7) is 4.66. The highest BCUT2D eigenvalue weighted by Crippen LogP contribution is 2.33. The first-order valence-electron chi connectivity index (χ1n) is 7.15. The van der Waals surface area contributed by atoms with E-state index in [0.29, 0.717) is 18.1 Å². The van der Waals surface area contributed by atoms with Gasteiger partial charge in [-0.15, -0.1) is 0 Å². The van der Waals surface area contributed by atoms with Gasteiger partial charge in [-0.3, -0.25) is 10.1 Å². The van der Waals surface area contributed by atoms with Crippen molar-refractivity contribution in [2.45, 2.75) is 39.5 Å². The van der Waals surface area contributed by atoms with Gasteiger partial charge in [-0.2, -0.15) is 17.0 Å². The number of hydrogen-bond acceptors (Lipinski definition) is 4. The summed E-state index contributed by atoms with van der Waals surface area (Å²) in [4.78, 5) is 9.84. The molecule has 4 nitrogen and oxygen atoms in total. The average molecular weight is 315 g/mol. The maximum atomic E-state index is 13.6. The molecule has 0 spiro atoms. The van der Waals surface area contributed by atoms with Gasteiger partial charge in [0.1, 0.15) is 5.75 Å². The van der Waals surface area contributed by atoms with Crippen molar-refractivity contribution < 1.29 is 14.1 Å². The maximum absolute atomic E-state index is 13.6. The van der Waals surface area contributed by atoms with Crippen molar-refractivity contribution in [3.8, 4) is 5.75 Å². The molecule has 6 heteroatoms. The Labute approximate surface area is 130 Å². The summed E-state index contributed by atoms with van der Waals surface area (Å²) in [7, 11) is 0. The van der Waals surface area contributed by atoms with E-state index in [-0.39, 0.29) is 5.41 Å². The minimum Gasteiger partial charge on any atom is -0.493 e. The Bertz CT molecular complexity index is 476. The second-order valence-corrected chi connectivity index (χ2v) is 5.63. The minimum atomic E-state index is -0.875. The molecule has 0 heterocycles. The van der Waals surface area contributed by atoms with Gasteiger partial charge in [0, 0.05) is 17.5 Å². The average Bonchev–Trinajstić information content (AvgIpc) is 2.45. The summed E-state index contributed by atoms with van der Waals surface area (Å²) in [5.41, 5.74) is -0.574. The lowest BCUT2D eigenvalue weighted by Gasteiger charge is -2.31.